The Morgan fingerprint density at radius 2 is 2.17 bits per heavy atom. The normalized spacial score (nSPS) is 14.1. The van der Waals surface area contributed by atoms with Crippen LogP contribution in [0.2, 0.25) is 0 Å². The molecule has 2 heterocycles. The van der Waals surface area contributed by atoms with Crippen LogP contribution in [-0.4, -0.2) is 30.0 Å². The zero-order chi connectivity index (χ0) is 16.7. The lowest BCUT2D eigenvalue weighted by atomic mass is 10.0. The second kappa shape index (κ2) is 5.59. The predicted octanol–water partition coefficient (Wildman–Crippen LogP) is 1.28. The molecule has 0 unspecified atom stereocenters. The molecule has 0 atom stereocenters. The van der Waals surface area contributed by atoms with Crippen molar-refractivity contribution in [2.75, 3.05) is 0 Å². The summed E-state index contributed by atoms with van der Waals surface area (Å²) in [5.41, 5.74) is 1.28. The Kier molecular flexibility index (Phi) is 3.40. The maximum Gasteiger partial charge on any atom is 0.368 e. The number of hydrogen-bond acceptors (Lipinski definition) is 5. The molecule has 0 radical (unpaired) electrons. The SMILES string of the molecule is Cn1nnn(-c2ccc(F)c(C3CC3)c2COc2ccn[nH]2)c1=O. The zero-order valence-corrected chi connectivity index (χ0v) is 12.9. The van der Waals surface area contributed by atoms with E-state index >= 15 is 0 Å². The highest BCUT2D eigenvalue weighted by Crippen LogP contribution is 2.44. The van der Waals surface area contributed by atoms with E-state index in [1.807, 2.05) is 0 Å². The lowest BCUT2D eigenvalue weighted by Crippen LogP contribution is -2.23. The minimum absolute atomic E-state index is 0.101. The van der Waals surface area contributed by atoms with Crippen LogP contribution in [0, 0.1) is 5.82 Å². The van der Waals surface area contributed by atoms with Gasteiger partial charge >= 0.3 is 5.69 Å². The number of halogens is 1. The number of aromatic amines is 1. The number of hydrogen-bond donors (Lipinski definition) is 1. The summed E-state index contributed by atoms with van der Waals surface area (Å²) in [6.07, 6.45) is 3.41. The number of aromatic nitrogens is 6. The van der Waals surface area contributed by atoms with E-state index in [1.54, 1.807) is 12.3 Å². The smallest absolute Gasteiger partial charge is 0.368 e. The maximum absolute atomic E-state index is 14.4. The van der Waals surface area contributed by atoms with Crippen molar-refractivity contribution in [2.45, 2.75) is 25.4 Å². The molecule has 1 aromatic carbocycles. The highest BCUT2D eigenvalue weighted by Gasteiger charge is 2.31. The zero-order valence-electron chi connectivity index (χ0n) is 12.9. The summed E-state index contributed by atoms with van der Waals surface area (Å²) in [5.74, 6) is 0.331. The van der Waals surface area contributed by atoms with Crippen LogP contribution < -0.4 is 10.4 Å². The molecule has 0 aliphatic heterocycles. The topological polar surface area (TPSA) is 90.6 Å². The Balaban J connectivity index is 1.81. The lowest BCUT2D eigenvalue weighted by Gasteiger charge is -2.15. The Morgan fingerprint density at radius 3 is 2.79 bits per heavy atom. The maximum atomic E-state index is 14.4. The van der Waals surface area contributed by atoms with Gasteiger partial charge in [0.25, 0.3) is 0 Å². The van der Waals surface area contributed by atoms with Crippen LogP contribution in [0.25, 0.3) is 5.69 Å². The van der Waals surface area contributed by atoms with E-state index in [9.17, 15) is 9.18 Å². The largest absolute Gasteiger partial charge is 0.473 e. The molecule has 1 fully saturated rings. The Labute approximate surface area is 135 Å². The summed E-state index contributed by atoms with van der Waals surface area (Å²) in [4.78, 5) is 12.2. The van der Waals surface area contributed by atoms with E-state index in [4.69, 9.17) is 4.74 Å². The fourth-order valence-electron chi connectivity index (χ4n) is 2.73. The number of tetrazole rings is 1. The van der Waals surface area contributed by atoms with Gasteiger partial charge in [0, 0.05) is 18.7 Å². The van der Waals surface area contributed by atoms with Gasteiger partial charge in [-0.15, -0.1) is 0 Å². The average Bonchev–Trinajstić information content (AvgIpc) is 3.17. The van der Waals surface area contributed by atoms with Crippen molar-refractivity contribution < 1.29 is 9.13 Å². The molecule has 8 nitrogen and oxygen atoms in total. The van der Waals surface area contributed by atoms with Crippen LogP contribution in [0.5, 0.6) is 5.88 Å². The third-order valence-electron chi connectivity index (χ3n) is 4.06. The summed E-state index contributed by atoms with van der Waals surface area (Å²) < 4.78 is 22.4. The van der Waals surface area contributed by atoms with Crippen LogP contribution in [-0.2, 0) is 13.7 Å². The summed E-state index contributed by atoms with van der Waals surface area (Å²) >= 11 is 0. The van der Waals surface area contributed by atoms with Crippen LogP contribution in [0.4, 0.5) is 4.39 Å². The van der Waals surface area contributed by atoms with E-state index in [1.165, 1.54) is 19.2 Å². The molecule has 24 heavy (non-hydrogen) atoms. The standard InChI is InChI=1S/C15H15FN6O2/c1-21-15(23)22(20-19-21)12-5-4-11(16)14(9-2-3-9)10(12)8-24-13-6-7-17-18-13/h4-7,9H,2-3,8H2,1H3,(H,17,18). The van der Waals surface area contributed by atoms with E-state index in [0.29, 0.717) is 22.7 Å². The molecule has 1 aliphatic carbocycles. The molecule has 1 aliphatic rings. The van der Waals surface area contributed by atoms with Crippen molar-refractivity contribution in [3.05, 3.63) is 51.8 Å². The highest BCUT2D eigenvalue weighted by atomic mass is 19.1. The predicted molar refractivity (Wildman–Crippen MR) is 81.5 cm³/mol. The van der Waals surface area contributed by atoms with Gasteiger partial charge in [-0.3, -0.25) is 0 Å². The van der Waals surface area contributed by atoms with Gasteiger partial charge < -0.3 is 4.74 Å². The van der Waals surface area contributed by atoms with Crippen molar-refractivity contribution >= 4 is 0 Å². The lowest BCUT2D eigenvalue weighted by molar-refractivity contribution is 0.291. The van der Waals surface area contributed by atoms with Gasteiger partial charge in [0.1, 0.15) is 12.4 Å². The second-order valence-corrected chi connectivity index (χ2v) is 5.74. The Morgan fingerprint density at radius 1 is 1.33 bits per heavy atom. The number of nitrogens with zero attached hydrogens (tertiary/aromatic N) is 5. The first-order valence-corrected chi connectivity index (χ1v) is 7.58. The molecule has 3 aromatic rings. The molecule has 124 valence electrons. The molecule has 0 amide bonds. The summed E-state index contributed by atoms with van der Waals surface area (Å²) in [6, 6.07) is 4.57. The molecule has 0 bridgehead atoms. The molecule has 2 aromatic heterocycles. The average molecular weight is 330 g/mol. The molecule has 9 heteroatoms. The van der Waals surface area contributed by atoms with Crippen molar-refractivity contribution in [3.8, 4) is 11.6 Å². The van der Waals surface area contributed by atoms with E-state index in [-0.39, 0.29) is 18.3 Å². The van der Waals surface area contributed by atoms with Crippen LogP contribution >= 0.6 is 0 Å². The van der Waals surface area contributed by atoms with Crippen molar-refractivity contribution in [1.82, 2.24) is 30.0 Å². The molecule has 1 N–H and O–H groups in total. The third-order valence-corrected chi connectivity index (χ3v) is 4.06. The molecular formula is C15H15FN6O2. The number of benzene rings is 1. The van der Waals surface area contributed by atoms with Crippen molar-refractivity contribution in [1.29, 1.82) is 0 Å². The number of nitrogens with one attached hydrogen (secondary N) is 1. The molecule has 0 saturated heterocycles. The van der Waals surface area contributed by atoms with Gasteiger partial charge in [-0.1, -0.05) is 0 Å². The van der Waals surface area contributed by atoms with Crippen LogP contribution in [0.3, 0.4) is 0 Å². The quantitative estimate of drug-likeness (QED) is 0.761. The van der Waals surface area contributed by atoms with E-state index in [2.05, 4.69) is 20.6 Å². The first kappa shape index (κ1) is 14.6. The first-order valence-electron chi connectivity index (χ1n) is 7.58. The minimum atomic E-state index is -0.397. The van der Waals surface area contributed by atoms with Crippen LogP contribution in [0.15, 0.2) is 29.2 Å². The Hall–Kier alpha value is -2.97. The first-order chi connectivity index (χ1) is 11.6. The van der Waals surface area contributed by atoms with Gasteiger partial charge in [-0.2, -0.15) is 14.5 Å². The molecule has 4 rings (SSSR count). The number of H-pyrrole nitrogens is 1. The Bertz CT molecular complexity index is 926. The summed E-state index contributed by atoms with van der Waals surface area (Å²) in [5, 5.41) is 14.1. The van der Waals surface area contributed by atoms with E-state index < -0.39 is 5.69 Å². The second-order valence-electron chi connectivity index (χ2n) is 5.74. The molecular weight excluding hydrogens is 315 g/mol. The van der Waals surface area contributed by atoms with Crippen molar-refractivity contribution in [3.63, 3.8) is 0 Å². The summed E-state index contributed by atoms with van der Waals surface area (Å²) in [6.45, 7) is 0.101. The van der Waals surface area contributed by atoms with Gasteiger partial charge in [-0.25, -0.2) is 14.3 Å². The van der Waals surface area contributed by atoms with Gasteiger partial charge in [-0.05, 0) is 46.9 Å². The molecule has 0 spiro atoms. The van der Waals surface area contributed by atoms with Crippen LogP contribution in [0.1, 0.15) is 29.9 Å². The fraction of sp³-hybridized carbons (Fsp3) is 0.333. The summed E-state index contributed by atoms with van der Waals surface area (Å²) in [7, 11) is 1.51. The van der Waals surface area contributed by atoms with Gasteiger partial charge in [0.15, 0.2) is 0 Å². The van der Waals surface area contributed by atoms with Crippen molar-refractivity contribution in [2.24, 2.45) is 7.05 Å². The molecule has 1 saturated carbocycles. The number of rotatable bonds is 5. The fourth-order valence-corrected chi connectivity index (χ4v) is 2.73. The number of aryl methyl sites for hydroxylation is 1. The minimum Gasteiger partial charge on any atom is -0.473 e. The van der Waals surface area contributed by atoms with Gasteiger partial charge in [0.05, 0.1) is 11.9 Å². The third kappa shape index (κ3) is 2.47. The highest BCUT2D eigenvalue weighted by molar-refractivity contribution is 5.48. The van der Waals surface area contributed by atoms with Gasteiger partial charge in [0.2, 0.25) is 5.88 Å². The number of ether oxygens (including phenoxy) is 1. The monoisotopic (exact) mass is 330 g/mol. The van der Waals surface area contributed by atoms with E-state index in [0.717, 1.165) is 22.2 Å².